The minimum absolute atomic E-state index is 0.159. The summed E-state index contributed by atoms with van der Waals surface area (Å²) in [5.41, 5.74) is 0. The lowest BCUT2D eigenvalue weighted by Crippen LogP contribution is -2.14. The van der Waals surface area contributed by atoms with Crippen LogP contribution in [0.25, 0.3) is 0 Å². The van der Waals surface area contributed by atoms with Crippen LogP contribution < -0.4 is 10.6 Å². The van der Waals surface area contributed by atoms with Gasteiger partial charge >= 0.3 is 0 Å². The molecule has 90 valence electrons. The minimum atomic E-state index is -2.51. The van der Waals surface area contributed by atoms with Gasteiger partial charge in [0.1, 0.15) is 18.0 Å². The van der Waals surface area contributed by atoms with E-state index in [1.807, 2.05) is 0 Å². The predicted molar refractivity (Wildman–Crippen MR) is 51.0 cm³/mol. The maximum absolute atomic E-state index is 11.9. The highest BCUT2D eigenvalue weighted by Gasteiger charge is 2.05. The Bertz CT molecular complexity index is 293. The van der Waals surface area contributed by atoms with Crippen molar-refractivity contribution in [1.29, 1.82) is 0 Å². The van der Waals surface area contributed by atoms with E-state index < -0.39 is 25.9 Å². The van der Waals surface area contributed by atoms with Gasteiger partial charge in [-0.25, -0.2) is 27.5 Å². The van der Waals surface area contributed by atoms with Crippen LogP contribution in [0, 0.1) is 0 Å². The van der Waals surface area contributed by atoms with Crippen LogP contribution in [-0.4, -0.2) is 35.9 Å². The molecule has 0 saturated heterocycles. The van der Waals surface area contributed by atoms with Crippen LogP contribution in [0.5, 0.6) is 0 Å². The zero-order valence-corrected chi connectivity index (χ0v) is 8.13. The van der Waals surface area contributed by atoms with Crippen molar-refractivity contribution in [3.8, 4) is 0 Å². The number of aromatic nitrogens is 2. The number of hydrogen-bond donors (Lipinski definition) is 2. The van der Waals surface area contributed by atoms with Crippen LogP contribution in [0.3, 0.4) is 0 Å². The van der Waals surface area contributed by atoms with Crippen molar-refractivity contribution < 1.29 is 17.6 Å². The van der Waals surface area contributed by atoms with E-state index in [0.29, 0.717) is 0 Å². The van der Waals surface area contributed by atoms with Crippen molar-refractivity contribution in [2.45, 2.75) is 12.9 Å². The van der Waals surface area contributed by atoms with Crippen LogP contribution in [0.2, 0.25) is 0 Å². The van der Waals surface area contributed by atoms with E-state index in [1.54, 1.807) is 0 Å². The van der Waals surface area contributed by atoms with Gasteiger partial charge in [0.25, 0.3) is 12.9 Å². The maximum Gasteiger partial charge on any atom is 0.255 e. The van der Waals surface area contributed by atoms with Crippen molar-refractivity contribution in [2.24, 2.45) is 0 Å². The van der Waals surface area contributed by atoms with Gasteiger partial charge in [-0.05, 0) is 0 Å². The summed E-state index contributed by atoms with van der Waals surface area (Å²) in [5.74, 6) is 0.319. The number of nitrogens with one attached hydrogen (secondary N) is 2. The highest BCUT2D eigenvalue weighted by Crippen LogP contribution is 2.09. The van der Waals surface area contributed by atoms with Gasteiger partial charge in [-0.2, -0.15) is 0 Å². The average Bonchev–Trinajstić information content (AvgIpc) is 2.24. The van der Waals surface area contributed by atoms with E-state index in [2.05, 4.69) is 20.6 Å². The minimum Gasteiger partial charge on any atom is -0.364 e. The zero-order valence-electron chi connectivity index (χ0n) is 8.13. The van der Waals surface area contributed by atoms with E-state index in [-0.39, 0.29) is 11.6 Å². The summed E-state index contributed by atoms with van der Waals surface area (Å²) < 4.78 is 47.4. The second kappa shape index (κ2) is 6.09. The third kappa shape index (κ3) is 4.76. The molecule has 0 aliphatic carbocycles. The van der Waals surface area contributed by atoms with Gasteiger partial charge < -0.3 is 10.6 Å². The van der Waals surface area contributed by atoms with Crippen molar-refractivity contribution in [1.82, 2.24) is 9.97 Å². The van der Waals surface area contributed by atoms with Gasteiger partial charge in [-0.1, -0.05) is 0 Å². The third-order valence-corrected chi connectivity index (χ3v) is 1.54. The topological polar surface area (TPSA) is 49.8 Å². The number of alkyl halides is 4. The first-order chi connectivity index (χ1) is 7.58. The lowest BCUT2D eigenvalue weighted by molar-refractivity contribution is 0.163. The molecule has 1 aromatic heterocycles. The van der Waals surface area contributed by atoms with Gasteiger partial charge in [-0.15, -0.1) is 0 Å². The zero-order chi connectivity index (χ0) is 12.0. The molecular weight excluding hydrogens is 228 g/mol. The van der Waals surface area contributed by atoms with Gasteiger partial charge in [-0.3, -0.25) is 0 Å². The van der Waals surface area contributed by atoms with Crippen molar-refractivity contribution in [3.05, 3.63) is 12.4 Å². The van der Waals surface area contributed by atoms with Gasteiger partial charge in [0.2, 0.25) is 0 Å². The van der Waals surface area contributed by atoms with Crippen molar-refractivity contribution >= 4 is 11.6 Å². The summed E-state index contributed by atoms with van der Waals surface area (Å²) in [7, 11) is 0. The second-order valence-corrected chi connectivity index (χ2v) is 2.83. The molecule has 0 radical (unpaired) electrons. The van der Waals surface area contributed by atoms with Crippen LogP contribution in [0.1, 0.15) is 0 Å². The molecule has 1 aromatic rings. The van der Waals surface area contributed by atoms with Gasteiger partial charge in [0.15, 0.2) is 0 Å². The summed E-state index contributed by atoms with van der Waals surface area (Å²) in [6.45, 7) is -1.10. The largest absolute Gasteiger partial charge is 0.364 e. The molecular formula is C8H10F4N4. The second-order valence-electron chi connectivity index (χ2n) is 2.83. The molecule has 8 heteroatoms. The molecule has 0 aromatic carbocycles. The number of hydrogen-bond acceptors (Lipinski definition) is 4. The first-order valence-electron chi connectivity index (χ1n) is 4.44. The molecule has 0 fully saturated rings. The quantitative estimate of drug-likeness (QED) is 0.742. The number of halogens is 4. The van der Waals surface area contributed by atoms with Gasteiger partial charge in [0, 0.05) is 6.07 Å². The molecule has 0 bridgehead atoms. The van der Waals surface area contributed by atoms with E-state index in [4.69, 9.17) is 0 Å². The SMILES string of the molecule is FC(F)CNc1cc(NCC(F)F)ncn1. The summed E-state index contributed by atoms with van der Waals surface area (Å²) in [6.07, 6.45) is -3.92. The number of rotatable bonds is 6. The molecule has 0 spiro atoms. The smallest absolute Gasteiger partial charge is 0.255 e. The lowest BCUT2D eigenvalue weighted by Gasteiger charge is -2.07. The summed E-state index contributed by atoms with van der Waals surface area (Å²) >= 11 is 0. The monoisotopic (exact) mass is 238 g/mol. The predicted octanol–water partition coefficient (Wildman–Crippen LogP) is 1.83. The Labute approximate surface area is 89.1 Å². The molecule has 1 heterocycles. The summed E-state index contributed by atoms with van der Waals surface area (Å²) in [5, 5.41) is 4.69. The van der Waals surface area contributed by atoms with E-state index in [9.17, 15) is 17.6 Å². The standard InChI is InChI=1S/C8H10F4N4/c9-5(10)2-13-7-1-8(16-4-15-7)14-3-6(11)12/h1,4-6H,2-3H2,(H2,13,14,15,16). The summed E-state index contributed by atoms with van der Waals surface area (Å²) in [4.78, 5) is 7.31. The first kappa shape index (κ1) is 12.5. The fourth-order valence-corrected chi connectivity index (χ4v) is 0.914. The van der Waals surface area contributed by atoms with E-state index in [0.717, 1.165) is 6.33 Å². The van der Waals surface area contributed by atoms with Crippen LogP contribution in [0.4, 0.5) is 29.2 Å². The Morgan fingerprint density at radius 1 is 0.938 bits per heavy atom. The molecule has 0 aliphatic rings. The highest BCUT2D eigenvalue weighted by atomic mass is 19.3. The summed E-state index contributed by atoms with van der Waals surface area (Å²) in [6, 6.07) is 1.28. The highest BCUT2D eigenvalue weighted by molar-refractivity contribution is 5.46. The molecule has 2 N–H and O–H groups in total. The van der Waals surface area contributed by atoms with Gasteiger partial charge in [0.05, 0.1) is 13.1 Å². The molecule has 0 aliphatic heterocycles. The fourth-order valence-electron chi connectivity index (χ4n) is 0.914. The van der Waals surface area contributed by atoms with E-state index in [1.165, 1.54) is 6.07 Å². The normalized spacial score (nSPS) is 10.9. The Balaban J connectivity index is 2.50. The van der Waals surface area contributed by atoms with Crippen molar-refractivity contribution in [2.75, 3.05) is 23.7 Å². The molecule has 4 nitrogen and oxygen atoms in total. The Kier molecular flexibility index (Phi) is 4.74. The molecule has 0 unspecified atom stereocenters. The van der Waals surface area contributed by atoms with Crippen molar-refractivity contribution in [3.63, 3.8) is 0 Å². The lowest BCUT2D eigenvalue weighted by atomic mass is 10.5. The average molecular weight is 238 g/mol. The molecule has 0 saturated carbocycles. The molecule has 0 atom stereocenters. The van der Waals surface area contributed by atoms with Crippen LogP contribution in [0.15, 0.2) is 12.4 Å². The third-order valence-electron chi connectivity index (χ3n) is 1.54. The molecule has 16 heavy (non-hydrogen) atoms. The first-order valence-corrected chi connectivity index (χ1v) is 4.44. The number of nitrogens with zero attached hydrogens (tertiary/aromatic N) is 2. The Morgan fingerprint density at radius 2 is 1.38 bits per heavy atom. The maximum atomic E-state index is 11.9. The molecule has 1 rings (SSSR count). The van der Waals surface area contributed by atoms with Crippen LogP contribution >= 0.6 is 0 Å². The van der Waals surface area contributed by atoms with E-state index >= 15 is 0 Å². The number of anilines is 2. The Hall–Kier alpha value is -1.60. The van der Waals surface area contributed by atoms with Crippen LogP contribution in [-0.2, 0) is 0 Å². The Morgan fingerprint density at radius 3 is 1.75 bits per heavy atom. The molecule has 0 amide bonds. The fraction of sp³-hybridized carbons (Fsp3) is 0.500.